The van der Waals surface area contributed by atoms with E-state index in [1.165, 1.54) is 0 Å². The van der Waals surface area contributed by atoms with Crippen LogP contribution in [0.4, 0.5) is 4.79 Å². The van der Waals surface area contributed by atoms with Gasteiger partial charge in [0, 0.05) is 36.3 Å². The van der Waals surface area contributed by atoms with Crippen molar-refractivity contribution in [2.45, 2.75) is 39.5 Å². The Morgan fingerprint density at radius 2 is 1.75 bits per heavy atom. The first kappa shape index (κ1) is 22.2. The van der Waals surface area contributed by atoms with Gasteiger partial charge in [-0.25, -0.2) is 9.78 Å². The number of rotatable bonds is 5. The van der Waals surface area contributed by atoms with Crippen LogP contribution in [0.1, 0.15) is 31.9 Å². The number of pyridine rings is 2. The highest BCUT2D eigenvalue weighted by molar-refractivity contribution is 14.1. The van der Waals surface area contributed by atoms with Crippen molar-refractivity contribution >= 4 is 39.7 Å². The largest absolute Gasteiger partial charge is 0.444 e. The quantitative estimate of drug-likeness (QED) is 0.335. The number of amides is 1. The molecule has 0 aliphatic heterocycles. The van der Waals surface area contributed by atoms with Crippen molar-refractivity contribution in [3.8, 4) is 11.1 Å². The Kier molecular flexibility index (Phi) is 6.40. The molecule has 1 amide bonds. The summed E-state index contributed by atoms with van der Waals surface area (Å²) in [4.78, 5) is 23.5. The summed E-state index contributed by atoms with van der Waals surface area (Å²) in [6, 6.07) is 14.0. The lowest BCUT2D eigenvalue weighted by Crippen LogP contribution is -2.36. The van der Waals surface area contributed by atoms with E-state index in [1.54, 1.807) is 23.5 Å². The third kappa shape index (κ3) is 5.42. The zero-order chi connectivity index (χ0) is 22.7. The molecule has 7 nitrogen and oxygen atoms in total. The molecule has 0 radical (unpaired) electrons. The Labute approximate surface area is 200 Å². The number of carbonyl (C=O) groups is 1. The van der Waals surface area contributed by atoms with Crippen molar-refractivity contribution in [3.05, 3.63) is 75.9 Å². The minimum atomic E-state index is -0.574. The van der Waals surface area contributed by atoms with Crippen LogP contribution < -0.4 is 0 Å². The van der Waals surface area contributed by atoms with Gasteiger partial charge in [-0.05, 0) is 66.6 Å². The molecule has 0 atom stereocenters. The molecule has 0 bridgehead atoms. The second-order valence-electron chi connectivity index (χ2n) is 8.54. The maximum Gasteiger partial charge on any atom is 0.410 e. The van der Waals surface area contributed by atoms with Gasteiger partial charge in [-0.1, -0.05) is 30.3 Å². The molecule has 164 valence electrons. The minimum Gasteiger partial charge on any atom is -0.444 e. The highest BCUT2D eigenvalue weighted by Crippen LogP contribution is 2.25. The van der Waals surface area contributed by atoms with E-state index >= 15 is 0 Å². The molecular weight excluding hydrogens is 517 g/mol. The maximum absolute atomic E-state index is 12.9. The molecule has 0 saturated heterocycles. The van der Waals surface area contributed by atoms with Gasteiger partial charge in [-0.3, -0.25) is 15.0 Å². The zero-order valence-electron chi connectivity index (χ0n) is 18.2. The molecule has 4 rings (SSSR count). The standard InChI is InChI=1S/C24H24IN5O2/c1-24(2,3)32-23(31)30(14-16-7-5-4-6-8-16)15-17-9-18(12-26-11-17)19-10-20-21(25)28-29-22(20)27-13-19/h4-13H,14-15H2,1-3H3,(H,27,28,29). The van der Waals surface area contributed by atoms with Crippen LogP contribution >= 0.6 is 22.6 Å². The van der Waals surface area contributed by atoms with Crippen LogP contribution in [-0.2, 0) is 17.8 Å². The normalized spacial score (nSPS) is 11.5. The van der Waals surface area contributed by atoms with Gasteiger partial charge in [0.05, 0.1) is 11.9 Å². The van der Waals surface area contributed by atoms with Crippen molar-refractivity contribution in [1.29, 1.82) is 0 Å². The molecule has 3 heterocycles. The Balaban J connectivity index is 1.61. The summed E-state index contributed by atoms with van der Waals surface area (Å²) in [5.41, 5.74) is 3.99. The third-order valence-electron chi connectivity index (χ3n) is 4.74. The van der Waals surface area contributed by atoms with Gasteiger partial charge in [-0.2, -0.15) is 5.10 Å². The summed E-state index contributed by atoms with van der Waals surface area (Å²) in [5, 5.41) is 8.08. The number of nitrogens with one attached hydrogen (secondary N) is 1. The van der Waals surface area contributed by atoms with Crippen molar-refractivity contribution in [1.82, 2.24) is 25.1 Å². The van der Waals surface area contributed by atoms with Crippen LogP contribution in [0.3, 0.4) is 0 Å². The van der Waals surface area contributed by atoms with Crippen molar-refractivity contribution in [2.75, 3.05) is 0 Å². The molecule has 3 aromatic heterocycles. The number of halogens is 1. The number of benzene rings is 1. The van der Waals surface area contributed by atoms with E-state index in [4.69, 9.17) is 4.74 Å². The topological polar surface area (TPSA) is 84.0 Å². The number of hydrogen-bond donors (Lipinski definition) is 1. The van der Waals surface area contributed by atoms with E-state index in [9.17, 15) is 4.79 Å². The van der Waals surface area contributed by atoms with Crippen LogP contribution in [0.25, 0.3) is 22.2 Å². The van der Waals surface area contributed by atoms with E-state index in [1.807, 2.05) is 63.2 Å². The predicted octanol–water partition coefficient (Wildman–Crippen LogP) is 5.56. The van der Waals surface area contributed by atoms with Gasteiger partial charge >= 0.3 is 6.09 Å². The average molecular weight is 541 g/mol. The number of aromatic nitrogens is 4. The SMILES string of the molecule is CC(C)(C)OC(=O)N(Cc1ccccc1)Cc1cncc(-c2cnc3[nH]nc(I)c3c2)c1. The van der Waals surface area contributed by atoms with E-state index in [2.05, 4.69) is 42.8 Å². The number of aromatic amines is 1. The van der Waals surface area contributed by atoms with Crippen LogP contribution in [-0.4, -0.2) is 36.8 Å². The van der Waals surface area contributed by atoms with Crippen molar-refractivity contribution < 1.29 is 9.53 Å². The Morgan fingerprint density at radius 1 is 1.03 bits per heavy atom. The molecular formula is C24H24IN5O2. The fraction of sp³-hybridized carbons (Fsp3) is 0.250. The van der Waals surface area contributed by atoms with Gasteiger partial charge in [0.15, 0.2) is 5.65 Å². The zero-order valence-corrected chi connectivity index (χ0v) is 20.3. The predicted molar refractivity (Wildman–Crippen MR) is 132 cm³/mol. The lowest BCUT2D eigenvalue weighted by Gasteiger charge is -2.27. The Morgan fingerprint density at radius 3 is 2.50 bits per heavy atom. The molecule has 4 aromatic rings. The van der Waals surface area contributed by atoms with Crippen molar-refractivity contribution in [3.63, 3.8) is 0 Å². The minimum absolute atomic E-state index is 0.359. The third-order valence-corrected chi connectivity index (χ3v) is 5.56. The first-order valence-electron chi connectivity index (χ1n) is 10.2. The molecule has 0 aliphatic carbocycles. The van der Waals surface area contributed by atoms with Crippen LogP contribution in [0, 0.1) is 3.70 Å². The van der Waals surface area contributed by atoms with Crippen LogP contribution in [0.5, 0.6) is 0 Å². The van der Waals surface area contributed by atoms with Gasteiger partial charge in [-0.15, -0.1) is 0 Å². The Bertz CT molecular complexity index is 1230. The second kappa shape index (κ2) is 9.23. The van der Waals surface area contributed by atoms with E-state index in [-0.39, 0.29) is 6.09 Å². The van der Waals surface area contributed by atoms with Crippen LogP contribution in [0.2, 0.25) is 0 Å². The number of H-pyrrole nitrogens is 1. The monoisotopic (exact) mass is 541 g/mol. The summed E-state index contributed by atoms with van der Waals surface area (Å²) < 4.78 is 6.53. The number of nitrogens with zero attached hydrogens (tertiary/aromatic N) is 4. The average Bonchev–Trinajstić information content (AvgIpc) is 3.13. The summed E-state index contributed by atoms with van der Waals surface area (Å²) in [6.07, 6.45) is 5.02. The van der Waals surface area contributed by atoms with Crippen molar-refractivity contribution in [2.24, 2.45) is 0 Å². The molecule has 32 heavy (non-hydrogen) atoms. The molecule has 1 N–H and O–H groups in total. The molecule has 1 aromatic carbocycles. The number of fused-ring (bicyclic) bond motifs is 1. The molecule has 8 heteroatoms. The smallest absolute Gasteiger partial charge is 0.410 e. The van der Waals surface area contributed by atoms with E-state index < -0.39 is 5.60 Å². The second-order valence-corrected chi connectivity index (χ2v) is 9.56. The number of ether oxygens (including phenoxy) is 1. The first-order chi connectivity index (χ1) is 15.3. The van der Waals surface area contributed by atoms with Gasteiger partial charge in [0.25, 0.3) is 0 Å². The fourth-order valence-corrected chi connectivity index (χ4v) is 3.83. The summed E-state index contributed by atoms with van der Waals surface area (Å²) in [7, 11) is 0. The molecule has 0 unspecified atom stereocenters. The lowest BCUT2D eigenvalue weighted by molar-refractivity contribution is 0.0216. The van der Waals surface area contributed by atoms with Crippen LogP contribution in [0.15, 0.2) is 61.1 Å². The number of carbonyl (C=O) groups excluding carboxylic acids is 1. The fourth-order valence-electron chi connectivity index (χ4n) is 3.30. The maximum atomic E-state index is 12.9. The lowest BCUT2D eigenvalue weighted by atomic mass is 10.1. The Hall–Kier alpha value is -3.01. The number of hydrogen-bond acceptors (Lipinski definition) is 5. The first-order valence-corrected chi connectivity index (χ1v) is 11.3. The highest BCUT2D eigenvalue weighted by Gasteiger charge is 2.23. The summed E-state index contributed by atoms with van der Waals surface area (Å²) in [5.74, 6) is 0. The van der Waals surface area contributed by atoms with Gasteiger partial charge in [0.1, 0.15) is 9.30 Å². The summed E-state index contributed by atoms with van der Waals surface area (Å²) >= 11 is 2.18. The van der Waals surface area contributed by atoms with E-state index in [0.717, 1.165) is 37.0 Å². The van der Waals surface area contributed by atoms with Gasteiger partial charge < -0.3 is 4.74 Å². The summed E-state index contributed by atoms with van der Waals surface area (Å²) in [6.45, 7) is 6.43. The molecule has 0 aliphatic rings. The van der Waals surface area contributed by atoms with Gasteiger partial charge in [0.2, 0.25) is 0 Å². The highest BCUT2D eigenvalue weighted by atomic mass is 127. The molecule has 0 spiro atoms. The molecule has 0 fully saturated rings. The molecule has 0 saturated carbocycles. The van der Waals surface area contributed by atoms with E-state index in [0.29, 0.717) is 13.1 Å².